The number of aliphatic imine (C=N–C) groups is 1. The Bertz CT molecular complexity index is 551. The summed E-state index contributed by atoms with van der Waals surface area (Å²) >= 11 is 0. The minimum absolute atomic E-state index is 0.0789. The highest BCUT2D eigenvalue weighted by Gasteiger charge is 2.20. The summed E-state index contributed by atoms with van der Waals surface area (Å²) in [7, 11) is 0. The van der Waals surface area contributed by atoms with Crippen LogP contribution in [0, 0.1) is 0 Å². The molecule has 3 rings (SSSR count). The summed E-state index contributed by atoms with van der Waals surface area (Å²) in [5.74, 6) is 0.715. The molecule has 0 spiro atoms. The van der Waals surface area contributed by atoms with E-state index in [9.17, 15) is 4.79 Å². The molecule has 1 saturated carbocycles. The number of hydrogen-bond donors (Lipinski definition) is 2. The Balaban J connectivity index is 1.62. The molecule has 1 aromatic rings. The number of rotatable bonds is 5. The number of carbonyl (C=O) groups is 1. The van der Waals surface area contributed by atoms with E-state index in [4.69, 9.17) is 4.74 Å². The summed E-state index contributed by atoms with van der Waals surface area (Å²) < 4.78 is 5.67. The van der Waals surface area contributed by atoms with Gasteiger partial charge in [0.1, 0.15) is 11.9 Å². The maximum Gasteiger partial charge on any atom is 0.340 e. The normalized spacial score (nSPS) is 18.5. The maximum absolute atomic E-state index is 12.4. The second-order valence-electron chi connectivity index (χ2n) is 5.82. The van der Waals surface area contributed by atoms with Crippen LogP contribution in [0.25, 0.3) is 0 Å². The largest absolute Gasteiger partial charge is 0.459 e. The molecule has 22 heavy (non-hydrogen) atoms. The molecule has 0 unspecified atom stereocenters. The molecule has 5 heteroatoms. The van der Waals surface area contributed by atoms with Crippen molar-refractivity contribution in [1.29, 1.82) is 0 Å². The first-order valence-corrected chi connectivity index (χ1v) is 8.14. The van der Waals surface area contributed by atoms with E-state index >= 15 is 0 Å². The lowest BCUT2D eigenvalue weighted by Gasteiger charge is -2.22. The van der Waals surface area contributed by atoms with Crippen LogP contribution < -0.4 is 10.6 Å². The number of benzene rings is 1. The number of nitrogens with one attached hydrogen (secondary N) is 2. The molecule has 1 aromatic carbocycles. The number of nitrogens with zero attached hydrogens (tertiary/aromatic N) is 1. The molecule has 118 valence electrons. The molecule has 1 heterocycles. The van der Waals surface area contributed by atoms with E-state index in [-0.39, 0.29) is 12.1 Å². The van der Waals surface area contributed by atoms with Gasteiger partial charge in [0.2, 0.25) is 0 Å². The topological polar surface area (TPSA) is 62.7 Å². The second kappa shape index (κ2) is 7.29. The minimum atomic E-state index is -0.226. The van der Waals surface area contributed by atoms with Crippen LogP contribution in [-0.2, 0) is 4.74 Å². The first-order chi connectivity index (χ1) is 10.8. The number of esters is 1. The molecule has 5 nitrogen and oxygen atoms in total. The summed E-state index contributed by atoms with van der Waals surface area (Å²) in [6.45, 7) is 2.32. The summed E-state index contributed by atoms with van der Waals surface area (Å²) in [6, 6.07) is 7.52. The average molecular weight is 301 g/mol. The summed E-state index contributed by atoms with van der Waals surface area (Å²) in [6.07, 6.45) is 5.62. The van der Waals surface area contributed by atoms with Gasteiger partial charge in [0, 0.05) is 12.2 Å². The molecule has 1 aliphatic carbocycles. The van der Waals surface area contributed by atoms with Crippen LogP contribution in [0.3, 0.4) is 0 Å². The fourth-order valence-electron chi connectivity index (χ4n) is 2.96. The Morgan fingerprint density at radius 1 is 1.27 bits per heavy atom. The van der Waals surface area contributed by atoms with Crippen molar-refractivity contribution in [3.8, 4) is 0 Å². The van der Waals surface area contributed by atoms with E-state index in [2.05, 4.69) is 15.6 Å². The van der Waals surface area contributed by atoms with Crippen LogP contribution in [0.2, 0.25) is 0 Å². The van der Waals surface area contributed by atoms with Gasteiger partial charge in [-0.05, 0) is 37.8 Å². The highest BCUT2D eigenvalue weighted by Crippen LogP contribution is 2.23. The fraction of sp³-hybridized carbons (Fsp3) is 0.529. The maximum atomic E-state index is 12.4. The second-order valence-corrected chi connectivity index (χ2v) is 5.82. The Hall–Kier alpha value is -2.04. The predicted octanol–water partition coefficient (Wildman–Crippen LogP) is 2.59. The monoisotopic (exact) mass is 301 g/mol. The molecule has 0 atom stereocenters. The summed E-state index contributed by atoms with van der Waals surface area (Å²) in [5.41, 5.74) is 1.41. The van der Waals surface area contributed by atoms with Crippen molar-refractivity contribution in [3.63, 3.8) is 0 Å². The third-order valence-electron chi connectivity index (χ3n) is 4.16. The zero-order chi connectivity index (χ0) is 15.2. The lowest BCUT2D eigenvalue weighted by atomic mass is 9.98. The average Bonchev–Trinajstić information content (AvgIpc) is 3.07. The Labute approximate surface area is 131 Å². The number of carbonyl (C=O) groups excluding carboxylic acids is 1. The van der Waals surface area contributed by atoms with Gasteiger partial charge >= 0.3 is 5.97 Å². The minimum Gasteiger partial charge on any atom is -0.459 e. The number of hydrogen-bond acceptors (Lipinski definition) is 5. The first kappa shape index (κ1) is 14.9. The van der Waals surface area contributed by atoms with E-state index in [1.165, 1.54) is 6.42 Å². The molecule has 0 amide bonds. The smallest absolute Gasteiger partial charge is 0.340 e. The highest BCUT2D eigenvalue weighted by atomic mass is 16.5. The van der Waals surface area contributed by atoms with Crippen molar-refractivity contribution in [2.45, 2.75) is 38.2 Å². The number of para-hydroxylation sites is 1. The van der Waals surface area contributed by atoms with Crippen molar-refractivity contribution < 1.29 is 9.53 Å². The van der Waals surface area contributed by atoms with E-state index < -0.39 is 0 Å². The summed E-state index contributed by atoms with van der Waals surface area (Å²) in [4.78, 5) is 16.8. The molecule has 0 saturated heterocycles. The number of anilines is 1. The molecule has 0 aromatic heterocycles. The van der Waals surface area contributed by atoms with Gasteiger partial charge < -0.3 is 15.4 Å². The highest BCUT2D eigenvalue weighted by molar-refractivity contribution is 5.97. The molecule has 1 fully saturated rings. The van der Waals surface area contributed by atoms with Gasteiger partial charge in [-0.15, -0.1) is 0 Å². The van der Waals surface area contributed by atoms with Gasteiger partial charge in [-0.2, -0.15) is 0 Å². The molecule has 0 bridgehead atoms. The van der Waals surface area contributed by atoms with Crippen LogP contribution in [0.4, 0.5) is 5.69 Å². The van der Waals surface area contributed by atoms with Gasteiger partial charge in [0.25, 0.3) is 0 Å². The van der Waals surface area contributed by atoms with Crippen molar-refractivity contribution in [2.24, 2.45) is 4.99 Å². The van der Waals surface area contributed by atoms with Crippen LogP contribution in [0.1, 0.15) is 42.5 Å². The Kier molecular flexibility index (Phi) is 4.93. The first-order valence-electron chi connectivity index (χ1n) is 8.14. The van der Waals surface area contributed by atoms with Gasteiger partial charge in [-0.1, -0.05) is 18.6 Å². The third-order valence-corrected chi connectivity index (χ3v) is 4.16. The van der Waals surface area contributed by atoms with Crippen LogP contribution in [-0.4, -0.2) is 37.5 Å². The molecular weight excluding hydrogens is 278 g/mol. The van der Waals surface area contributed by atoms with E-state index in [0.29, 0.717) is 12.1 Å². The molecule has 1 aliphatic heterocycles. The van der Waals surface area contributed by atoms with Crippen LogP contribution in [0.15, 0.2) is 29.3 Å². The number of ether oxygens (including phenoxy) is 1. The lowest BCUT2D eigenvalue weighted by molar-refractivity contribution is 0.0212. The SMILES string of the molecule is O=C(OC1CCCCC1)c1ccccc1NCC1=NCCN1. The standard InChI is InChI=1S/C17H23N3O2/c21-17(22-13-6-2-1-3-7-13)14-8-4-5-9-15(14)20-12-16-18-10-11-19-16/h4-5,8-9,13,20H,1-3,6-7,10-12H2,(H,18,19). The Morgan fingerprint density at radius 3 is 2.86 bits per heavy atom. The fourth-order valence-corrected chi connectivity index (χ4v) is 2.96. The molecule has 0 radical (unpaired) electrons. The van der Waals surface area contributed by atoms with Gasteiger partial charge in [-0.3, -0.25) is 4.99 Å². The van der Waals surface area contributed by atoms with E-state index in [1.807, 2.05) is 24.3 Å². The lowest BCUT2D eigenvalue weighted by Crippen LogP contribution is -2.27. The summed E-state index contributed by atoms with van der Waals surface area (Å²) in [5, 5.41) is 6.49. The zero-order valence-electron chi connectivity index (χ0n) is 12.8. The van der Waals surface area contributed by atoms with Crippen molar-refractivity contribution in [1.82, 2.24) is 5.32 Å². The van der Waals surface area contributed by atoms with Crippen LogP contribution >= 0.6 is 0 Å². The zero-order valence-corrected chi connectivity index (χ0v) is 12.8. The third kappa shape index (κ3) is 3.78. The Morgan fingerprint density at radius 2 is 2.09 bits per heavy atom. The van der Waals surface area contributed by atoms with E-state index in [0.717, 1.165) is 50.3 Å². The van der Waals surface area contributed by atoms with Crippen molar-refractivity contribution >= 4 is 17.5 Å². The quantitative estimate of drug-likeness (QED) is 0.821. The van der Waals surface area contributed by atoms with Gasteiger partial charge in [0.05, 0.1) is 18.7 Å². The van der Waals surface area contributed by atoms with E-state index in [1.54, 1.807) is 0 Å². The van der Waals surface area contributed by atoms with Crippen molar-refractivity contribution in [2.75, 3.05) is 25.0 Å². The molecule has 2 aliphatic rings. The van der Waals surface area contributed by atoms with Gasteiger partial charge in [-0.25, -0.2) is 4.79 Å². The van der Waals surface area contributed by atoms with Crippen LogP contribution in [0.5, 0.6) is 0 Å². The predicted molar refractivity (Wildman–Crippen MR) is 87.5 cm³/mol. The number of amidine groups is 1. The molecular formula is C17H23N3O2. The van der Waals surface area contributed by atoms with Gasteiger partial charge in [0.15, 0.2) is 0 Å². The molecule has 2 N–H and O–H groups in total. The van der Waals surface area contributed by atoms with Crippen molar-refractivity contribution in [3.05, 3.63) is 29.8 Å².